The van der Waals surface area contributed by atoms with Gasteiger partial charge in [-0.3, -0.25) is 9.78 Å². The van der Waals surface area contributed by atoms with E-state index < -0.39 is 0 Å². The second kappa shape index (κ2) is 8.78. The fraction of sp³-hybridized carbons (Fsp3) is 0.211. The predicted octanol–water partition coefficient (Wildman–Crippen LogP) is 4.58. The van der Waals surface area contributed by atoms with Gasteiger partial charge in [0.05, 0.1) is 11.6 Å². The van der Waals surface area contributed by atoms with E-state index in [1.54, 1.807) is 23.8 Å². The van der Waals surface area contributed by atoms with Gasteiger partial charge in [-0.15, -0.1) is 11.3 Å². The lowest BCUT2D eigenvalue weighted by molar-refractivity contribution is 0.0946. The molecule has 0 saturated carbocycles. The zero-order valence-electron chi connectivity index (χ0n) is 14.2. The van der Waals surface area contributed by atoms with Crippen LogP contribution >= 0.6 is 22.9 Å². The maximum absolute atomic E-state index is 12.3. The Bertz CT molecular complexity index is 884. The number of thiazole rings is 1. The van der Waals surface area contributed by atoms with Crippen LogP contribution in [0.4, 0.5) is 0 Å². The maximum Gasteiger partial charge on any atom is 0.271 e. The highest BCUT2D eigenvalue weighted by atomic mass is 35.5. The van der Waals surface area contributed by atoms with E-state index in [0.29, 0.717) is 28.9 Å². The van der Waals surface area contributed by atoms with Crippen molar-refractivity contribution >= 4 is 28.8 Å². The van der Waals surface area contributed by atoms with E-state index in [-0.39, 0.29) is 5.91 Å². The lowest BCUT2D eigenvalue weighted by Crippen LogP contribution is -2.23. The van der Waals surface area contributed by atoms with E-state index in [1.807, 2.05) is 31.2 Å². The number of aromatic nitrogens is 2. The molecule has 0 aliphatic rings. The molecule has 2 heterocycles. The Kier molecular flexibility index (Phi) is 6.20. The summed E-state index contributed by atoms with van der Waals surface area (Å²) in [4.78, 5) is 20.7. The normalized spacial score (nSPS) is 10.5. The molecule has 26 heavy (non-hydrogen) atoms. The van der Waals surface area contributed by atoms with Gasteiger partial charge in [0, 0.05) is 29.9 Å². The van der Waals surface area contributed by atoms with Crippen molar-refractivity contribution in [1.82, 2.24) is 15.3 Å². The zero-order chi connectivity index (χ0) is 18.4. The molecule has 0 spiro atoms. The number of hydrogen-bond donors (Lipinski definition) is 1. The number of carbonyl (C=O) groups excluding carboxylic acids is 1. The molecule has 0 unspecified atom stereocenters. The van der Waals surface area contributed by atoms with E-state index in [1.165, 1.54) is 11.3 Å². The first-order valence-electron chi connectivity index (χ1n) is 8.22. The van der Waals surface area contributed by atoms with Gasteiger partial charge < -0.3 is 10.1 Å². The van der Waals surface area contributed by atoms with Crippen LogP contribution in [0.25, 0.3) is 10.6 Å². The number of nitrogens with one attached hydrogen (secondary N) is 1. The number of hydrogen-bond acceptors (Lipinski definition) is 5. The van der Waals surface area contributed by atoms with Crippen LogP contribution in [0.1, 0.15) is 29.4 Å². The monoisotopic (exact) mass is 387 g/mol. The average molecular weight is 388 g/mol. The molecule has 134 valence electrons. The first kappa shape index (κ1) is 18.4. The summed E-state index contributed by atoms with van der Waals surface area (Å²) >= 11 is 7.74. The van der Waals surface area contributed by atoms with E-state index >= 15 is 0 Å². The van der Waals surface area contributed by atoms with Gasteiger partial charge in [-0.1, -0.05) is 18.5 Å². The molecule has 0 radical (unpaired) electrons. The number of amides is 1. The minimum Gasteiger partial charge on any atom is -0.494 e. The summed E-state index contributed by atoms with van der Waals surface area (Å²) in [5, 5.41) is 5.84. The third kappa shape index (κ3) is 4.59. The molecule has 5 nitrogen and oxygen atoms in total. The molecule has 7 heteroatoms. The quantitative estimate of drug-likeness (QED) is 0.644. The number of carbonyl (C=O) groups is 1. The molecule has 0 aliphatic carbocycles. The Labute approximate surface area is 161 Å². The molecule has 1 amide bonds. The molecule has 3 rings (SSSR count). The van der Waals surface area contributed by atoms with E-state index in [2.05, 4.69) is 15.3 Å². The Morgan fingerprint density at radius 3 is 2.81 bits per heavy atom. The van der Waals surface area contributed by atoms with Crippen molar-refractivity contribution in [3.05, 3.63) is 64.4 Å². The number of pyridine rings is 1. The van der Waals surface area contributed by atoms with Crippen LogP contribution in [0, 0.1) is 0 Å². The highest BCUT2D eigenvalue weighted by Gasteiger charge is 2.14. The Balaban J connectivity index is 1.68. The van der Waals surface area contributed by atoms with Gasteiger partial charge in [0.15, 0.2) is 0 Å². The SMILES string of the molecule is CCCOc1ccc(-c2nc(C(=O)NCc3ccncc3)cs2)c(Cl)c1. The van der Waals surface area contributed by atoms with E-state index in [4.69, 9.17) is 16.3 Å². The van der Waals surface area contributed by atoms with Gasteiger partial charge in [-0.2, -0.15) is 0 Å². The molecule has 0 bridgehead atoms. The highest BCUT2D eigenvalue weighted by Crippen LogP contribution is 2.33. The third-order valence-corrected chi connectivity index (χ3v) is 4.77. The number of benzene rings is 1. The van der Waals surface area contributed by atoms with Crippen molar-refractivity contribution < 1.29 is 9.53 Å². The molecular weight excluding hydrogens is 370 g/mol. The van der Waals surface area contributed by atoms with Gasteiger partial charge in [0.2, 0.25) is 0 Å². The Morgan fingerprint density at radius 2 is 2.08 bits per heavy atom. The zero-order valence-corrected chi connectivity index (χ0v) is 15.8. The molecule has 0 aliphatic heterocycles. The predicted molar refractivity (Wildman–Crippen MR) is 104 cm³/mol. The van der Waals surface area contributed by atoms with Gasteiger partial charge in [-0.05, 0) is 42.3 Å². The molecule has 0 saturated heterocycles. The van der Waals surface area contributed by atoms with Crippen molar-refractivity contribution in [1.29, 1.82) is 0 Å². The summed E-state index contributed by atoms with van der Waals surface area (Å²) in [7, 11) is 0. The minimum absolute atomic E-state index is 0.219. The van der Waals surface area contributed by atoms with Gasteiger partial charge >= 0.3 is 0 Å². The number of ether oxygens (including phenoxy) is 1. The molecular formula is C19H18ClN3O2S. The summed E-state index contributed by atoms with van der Waals surface area (Å²) in [5.74, 6) is 0.510. The smallest absolute Gasteiger partial charge is 0.271 e. The summed E-state index contributed by atoms with van der Waals surface area (Å²) in [6, 6.07) is 9.22. The lowest BCUT2D eigenvalue weighted by Gasteiger charge is -2.07. The summed E-state index contributed by atoms with van der Waals surface area (Å²) < 4.78 is 5.57. The van der Waals surface area contributed by atoms with Crippen molar-refractivity contribution in [2.24, 2.45) is 0 Å². The third-order valence-electron chi connectivity index (χ3n) is 3.58. The van der Waals surface area contributed by atoms with Crippen molar-refractivity contribution in [3.8, 4) is 16.3 Å². The standard InChI is InChI=1S/C19H18ClN3O2S/c1-2-9-25-14-3-4-15(16(20)10-14)19-23-17(12-26-19)18(24)22-11-13-5-7-21-8-6-13/h3-8,10,12H,2,9,11H2,1H3,(H,22,24). The Hall–Kier alpha value is -2.44. The summed E-state index contributed by atoms with van der Waals surface area (Å²) in [6.07, 6.45) is 4.32. The molecule has 2 aromatic heterocycles. The lowest BCUT2D eigenvalue weighted by atomic mass is 10.2. The first-order chi connectivity index (χ1) is 12.7. The average Bonchev–Trinajstić information content (AvgIpc) is 3.15. The van der Waals surface area contributed by atoms with Crippen LogP contribution in [0.5, 0.6) is 5.75 Å². The van der Waals surface area contributed by atoms with Crippen LogP contribution < -0.4 is 10.1 Å². The van der Waals surface area contributed by atoms with Crippen molar-refractivity contribution in [2.45, 2.75) is 19.9 Å². The molecule has 3 aromatic rings. The van der Waals surface area contributed by atoms with Crippen LogP contribution in [-0.4, -0.2) is 22.5 Å². The van der Waals surface area contributed by atoms with Crippen molar-refractivity contribution in [3.63, 3.8) is 0 Å². The second-order valence-electron chi connectivity index (χ2n) is 5.57. The molecule has 0 atom stereocenters. The van der Waals surface area contributed by atoms with Crippen LogP contribution in [0.3, 0.4) is 0 Å². The van der Waals surface area contributed by atoms with Crippen LogP contribution in [0.2, 0.25) is 5.02 Å². The molecule has 0 fully saturated rings. The number of nitrogens with zero attached hydrogens (tertiary/aromatic N) is 2. The molecule has 1 N–H and O–H groups in total. The topological polar surface area (TPSA) is 64.1 Å². The fourth-order valence-electron chi connectivity index (χ4n) is 2.25. The summed E-state index contributed by atoms with van der Waals surface area (Å²) in [5.41, 5.74) is 2.14. The van der Waals surface area contributed by atoms with E-state index in [9.17, 15) is 4.79 Å². The Morgan fingerprint density at radius 1 is 1.27 bits per heavy atom. The van der Waals surface area contributed by atoms with E-state index in [0.717, 1.165) is 23.3 Å². The highest BCUT2D eigenvalue weighted by molar-refractivity contribution is 7.13. The van der Waals surface area contributed by atoms with Crippen LogP contribution in [-0.2, 0) is 6.54 Å². The maximum atomic E-state index is 12.3. The summed E-state index contributed by atoms with van der Waals surface area (Å²) in [6.45, 7) is 3.12. The number of rotatable bonds is 7. The van der Waals surface area contributed by atoms with Crippen LogP contribution in [0.15, 0.2) is 48.1 Å². The largest absolute Gasteiger partial charge is 0.494 e. The van der Waals surface area contributed by atoms with Gasteiger partial charge in [-0.25, -0.2) is 4.98 Å². The van der Waals surface area contributed by atoms with Gasteiger partial charge in [0.1, 0.15) is 16.5 Å². The molecule has 1 aromatic carbocycles. The first-order valence-corrected chi connectivity index (χ1v) is 9.48. The van der Waals surface area contributed by atoms with Gasteiger partial charge in [0.25, 0.3) is 5.91 Å². The fourth-order valence-corrected chi connectivity index (χ4v) is 3.41. The minimum atomic E-state index is -0.219. The second-order valence-corrected chi connectivity index (χ2v) is 6.83. The van der Waals surface area contributed by atoms with Crippen molar-refractivity contribution in [2.75, 3.05) is 6.61 Å². The number of halogens is 1.